The molecule has 1 aromatic carbocycles. The van der Waals surface area contributed by atoms with Gasteiger partial charge in [0.1, 0.15) is 5.02 Å². The summed E-state index contributed by atoms with van der Waals surface area (Å²) in [5.74, 6) is 1.88. The van der Waals surface area contributed by atoms with E-state index in [4.69, 9.17) is 17.4 Å². The van der Waals surface area contributed by atoms with Crippen molar-refractivity contribution in [3.05, 3.63) is 28.3 Å². The number of nitrogens with two attached hydrogens (primary N) is 1. The fraction of sp³-hybridized carbons (Fsp3) is 0.300. The summed E-state index contributed by atoms with van der Waals surface area (Å²) >= 11 is 5.68. The molecule has 0 radical (unpaired) electrons. The van der Waals surface area contributed by atoms with Crippen LogP contribution in [-0.4, -0.2) is 11.9 Å². The molecule has 1 aromatic rings. The first-order chi connectivity index (χ1) is 8.04. The molecule has 1 aliphatic carbocycles. The third-order valence-corrected chi connectivity index (χ3v) is 2.82. The average molecular weight is 262 g/mol. The highest BCUT2D eigenvalue weighted by Crippen LogP contribution is 2.35. The minimum atomic E-state index is -1.19. The second kappa shape index (κ2) is 4.46. The molecule has 1 amide bonds. The van der Waals surface area contributed by atoms with Crippen LogP contribution >= 0.6 is 11.6 Å². The van der Waals surface area contributed by atoms with E-state index in [1.807, 2.05) is 5.43 Å². The number of nitrogens with one attached hydrogen (secondary N) is 2. The molecule has 4 N–H and O–H groups in total. The molecule has 0 aliphatic heterocycles. The molecule has 1 fully saturated rings. The monoisotopic (exact) mass is 261 g/mol. The number of nitrogen functional groups attached to an aromatic ring is 1. The molecule has 0 saturated heterocycles. The van der Waals surface area contributed by atoms with Crippen molar-refractivity contribution < 1.29 is 13.6 Å². The fourth-order valence-corrected chi connectivity index (χ4v) is 1.67. The number of benzene rings is 1. The normalized spacial score (nSPS) is 14.6. The Morgan fingerprint density at radius 1 is 1.47 bits per heavy atom. The minimum absolute atomic E-state index is 0.0796. The minimum Gasteiger partial charge on any atom is -0.380 e. The van der Waals surface area contributed by atoms with Crippen molar-refractivity contribution in [3.63, 3.8) is 0 Å². The summed E-state index contributed by atoms with van der Waals surface area (Å²) in [5.41, 5.74) is 1.83. The molecule has 0 heterocycles. The molecule has 0 spiro atoms. The van der Waals surface area contributed by atoms with E-state index in [2.05, 4.69) is 5.32 Å². The maximum absolute atomic E-state index is 13.3. The molecule has 1 saturated carbocycles. The van der Waals surface area contributed by atoms with Crippen molar-refractivity contribution in [2.24, 2.45) is 5.84 Å². The first-order valence-electron chi connectivity index (χ1n) is 4.99. The summed E-state index contributed by atoms with van der Waals surface area (Å²) in [6.07, 6.45) is 1.80. The standard InChI is InChI=1S/C10H10ClF2N3O/c11-7-8(13)6(12)3-5(10(17)16-14)9(7)15-4-1-2-4/h3-4,15H,1-2,14H2,(H,16,17). The Morgan fingerprint density at radius 2 is 2.12 bits per heavy atom. The summed E-state index contributed by atoms with van der Waals surface area (Å²) < 4.78 is 26.5. The zero-order valence-electron chi connectivity index (χ0n) is 8.69. The fourth-order valence-electron chi connectivity index (χ4n) is 1.42. The molecule has 7 heteroatoms. The molecule has 0 unspecified atom stereocenters. The smallest absolute Gasteiger partial charge is 0.267 e. The van der Waals surface area contributed by atoms with Crippen molar-refractivity contribution in [3.8, 4) is 0 Å². The Bertz CT molecular complexity index is 477. The lowest BCUT2D eigenvalue weighted by molar-refractivity contribution is 0.0954. The van der Waals surface area contributed by atoms with Crippen LogP contribution in [0.2, 0.25) is 5.02 Å². The number of rotatable bonds is 3. The maximum atomic E-state index is 13.3. The van der Waals surface area contributed by atoms with Gasteiger partial charge in [-0.1, -0.05) is 11.6 Å². The van der Waals surface area contributed by atoms with Crippen LogP contribution in [0.5, 0.6) is 0 Å². The van der Waals surface area contributed by atoms with Crippen LogP contribution in [0, 0.1) is 11.6 Å². The third-order valence-electron chi connectivity index (χ3n) is 2.46. The van der Waals surface area contributed by atoms with Crippen LogP contribution in [-0.2, 0) is 0 Å². The number of amides is 1. The van der Waals surface area contributed by atoms with Gasteiger partial charge in [0, 0.05) is 6.04 Å². The second-order valence-electron chi connectivity index (χ2n) is 3.80. The number of hydrogen-bond donors (Lipinski definition) is 3. The van der Waals surface area contributed by atoms with Crippen molar-refractivity contribution in [2.45, 2.75) is 18.9 Å². The zero-order valence-corrected chi connectivity index (χ0v) is 9.44. The Kier molecular flexibility index (Phi) is 3.17. The second-order valence-corrected chi connectivity index (χ2v) is 4.18. The number of hydrazine groups is 1. The van der Waals surface area contributed by atoms with Crippen LogP contribution in [0.25, 0.3) is 0 Å². The number of hydrogen-bond acceptors (Lipinski definition) is 3. The molecule has 2 rings (SSSR count). The van der Waals surface area contributed by atoms with Crippen LogP contribution in [0.15, 0.2) is 6.07 Å². The lowest BCUT2D eigenvalue weighted by Crippen LogP contribution is -2.31. The molecule has 17 heavy (non-hydrogen) atoms. The van der Waals surface area contributed by atoms with Gasteiger partial charge in [0.05, 0.1) is 11.3 Å². The van der Waals surface area contributed by atoms with Crippen LogP contribution in [0.4, 0.5) is 14.5 Å². The van der Waals surface area contributed by atoms with Gasteiger partial charge in [-0.3, -0.25) is 10.2 Å². The number of halogens is 3. The first kappa shape index (κ1) is 12.1. The van der Waals surface area contributed by atoms with E-state index in [0.29, 0.717) is 0 Å². The third kappa shape index (κ3) is 2.32. The highest BCUT2D eigenvalue weighted by Gasteiger charge is 2.27. The van der Waals surface area contributed by atoms with Crippen molar-refractivity contribution in [2.75, 3.05) is 5.32 Å². The predicted octanol–water partition coefficient (Wildman–Crippen LogP) is 1.80. The van der Waals surface area contributed by atoms with E-state index in [9.17, 15) is 13.6 Å². The van der Waals surface area contributed by atoms with Gasteiger partial charge in [-0.15, -0.1) is 0 Å². The van der Waals surface area contributed by atoms with Gasteiger partial charge in [0.2, 0.25) is 0 Å². The van der Waals surface area contributed by atoms with E-state index in [0.717, 1.165) is 18.9 Å². The van der Waals surface area contributed by atoms with E-state index >= 15 is 0 Å². The largest absolute Gasteiger partial charge is 0.380 e. The molecular formula is C10H10ClF2N3O. The summed E-state index contributed by atoms with van der Waals surface area (Å²) in [5, 5.41) is 2.45. The Morgan fingerprint density at radius 3 is 2.65 bits per heavy atom. The van der Waals surface area contributed by atoms with Gasteiger partial charge in [-0.2, -0.15) is 0 Å². The van der Waals surface area contributed by atoms with Crippen molar-refractivity contribution in [1.29, 1.82) is 0 Å². The van der Waals surface area contributed by atoms with Crippen LogP contribution in [0.1, 0.15) is 23.2 Å². The van der Waals surface area contributed by atoms with Crippen molar-refractivity contribution in [1.82, 2.24) is 5.43 Å². The van der Waals surface area contributed by atoms with Gasteiger partial charge < -0.3 is 5.32 Å². The first-order valence-corrected chi connectivity index (χ1v) is 5.37. The van der Waals surface area contributed by atoms with Gasteiger partial charge in [0.15, 0.2) is 11.6 Å². The Hall–Kier alpha value is -1.40. The molecule has 1 aliphatic rings. The Balaban J connectivity index is 2.49. The number of carbonyl (C=O) groups excluding carboxylic acids is 1. The SMILES string of the molecule is NNC(=O)c1cc(F)c(F)c(Cl)c1NC1CC1. The van der Waals surface area contributed by atoms with Gasteiger partial charge in [-0.05, 0) is 18.9 Å². The van der Waals surface area contributed by atoms with Crippen LogP contribution in [0.3, 0.4) is 0 Å². The van der Waals surface area contributed by atoms with Gasteiger partial charge >= 0.3 is 0 Å². The molecule has 92 valence electrons. The van der Waals surface area contributed by atoms with E-state index in [1.54, 1.807) is 0 Å². The molecular weight excluding hydrogens is 252 g/mol. The van der Waals surface area contributed by atoms with E-state index in [1.165, 1.54) is 0 Å². The molecule has 0 bridgehead atoms. The highest BCUT2D eigenvalue weighted by molar-refractivity contribution is 6.34. The predicted molar refractivity (Wildman–Crippen MR) is 59.7 cm³/mol. The van der Waals surface area contributed by atoms with Gasteiger partial charge in [-0.25, -0.2) is 14.6 Å². The summed E-state index contributed by atoms with van der Waals surface area (Å²) in [7, 11) is 0. The summed E-state index contributed by atoms with van der Waals surface area (Å²) in [6.45, 7) is 0. The molecule has 0 atom stereocenters. The van der Waals surface area contributed by atoms with E-state index < -0.39 is 22.6 Å². The number of carbonyl (C=O) groups is 1. The van der Waals surface area contributed by atoms with Crippen molar-refractivity contribution >= 4 is 23.2 Å². The quantitative estimate of drug-likeness (QED) is 0.336. The zero-order chi connectivity index (χ0) is 12.6. The molecule has 0 aromatic heterocycles. The lowest BCUT2D eigenvalue weighted by Gasteiger charge is -2.13. The Labute approximate surface area is 101 Å². The topological polar surface area (TPSA) is 67.1 Å². The maximum Gasteiger partial charge on any atom is 0.267 e. The molecule has 4 nitrogen and oxygen atoms in total. The summed E-state index contributed by atoms with van der Waals surface area (Å²) in [6, 6.07) is 0.912. The average Bonchev–Trinajstić information content (AvgIpc) is 3.12. The van der Waals surface area contributed by atoms with Gasteiger partial charge in [0.25, 0.3) is 5.91 Å². The number of anilines is 1. The van der Waals surface area contributed by atoms with Crippen LogP contribution < -0.4 is 16.6 Å². The highest BCUT2D eigenvalue weighted by atomic mass is 35.5. The van der Waals surface area contributed by atoms with E-state index in [-0.39, 0.29) is 17.3 Å². The summed E-state index contributed by atoms with van der Waals surface area (Å²) in [4.78, 5) is 11.4. The lowest BCUT2D eigenvalue weighted by atomic mass is 10.1.